The standard InChI is InChI=1S/C14H16N2O2/c17-14(18)11-7-4-8-16-12(11)9-15-13(16)10-5-2-1-3-6-10/h4,7-10H,1-3,5-6H2,(H,17,18). The zero-order valence-corrected chi connectivity index (χ0v) is 10.2. The van der Waals surface area contributed by atoms with Gasteiger partial charge >= 0.3 is 5.97 Å². The molecule has 94 valence electrons. The number of pyridine rings is 1. The molecule has 0 saturated heterocycles. The van der Waals surface area contributed by atoms with Crippen molar-refractivity contribution in [2.75, 3.05) is 0 Å². The zero-order valence-electron chi connectivity index (χ0n) is 10.2. The van der Waals surface area contributed by atoms with Gasteiger partial charge in [-0.05, 0) is 25.0 Å². The maximum Gasteiger partial charge on any atom is 0.337 e. The van der Waals surface area contributed by atoms with Crippen LogP contribution in [-0.4, -0.2) is 20.5 Å². The molecular weight excluding hydrogens is 228 g/mol. The number of carboxylic acid groups (broad SMARTS) is 1. The van der Waals surface area contributed by atoms with E-state index in [1.807, 2.05) is 10.6 Å². The van der Waals surface area contributed by atoms with Crippen molar-refractivity contribution in [1.82, 2.24) is 9.38 Å². The Morgan fingerprint density at radius 3 is 2.83 bits per heavy atom. The van der Waals surface area contributed by atoms with E-state index in [0.717, 1.165) is 18.7 Å². The lowest BCUT2D eigenvalue weighted by molar-refractivity contribution is 0.0698. The van der Waals surface area contributed by atoms with Gasteiger partial charge in [0.05, 0.1) is 17.3 Å². The molecule has 0 aromatic carbocycles. The van der Waals surface area contributed by atoms with Gasteiger partial charge in [-0.3, -0.25) is 0 Å². The molecule has 2 aromatic heterocycles. The van der Waals surface area contributed by atoms with Gasteiger partial charge in [-0.25, -0.2) is 9.78 Å². The Labute approximate surface area is 105 Å². The number of hydrogen-bond acceptors (Lipinski definition) is 2. The highest BCUT2D eigenvalue weighted by Crippen LogP contribution is 2.32. The fraction of sp³-hybridized carbons (Fsp3) is 0.429. The highest BCUT2D eigenvalue weighted by Gasteiger charge is 2.21. The molecule has 1 fully saturated rings. The van der Waals surface area contributed by atoms with Crippen LogP contribution in [0.5, 0.6) is 0 Å². The minimum absolute atomic E-state index is 0.326. The highest BCUT2D eigenvalue weighted by molar-refractivity contribution is 5.95. The summed E-state index contributed by atoms with van der Waals surface area (Å²) in [7, 11) is 0. The lowest BCUT2D eigenvalue weighted by atomic mass is 9.89. The number of carboxylic acids is 1. The van der Waals surface area contributed by atoms with E-state index in [2.05, 4.69) is 4.98 Å². The van der Waals surface area contributed by atoms with Gasteiger partial charge in [0.1, 0.15) is 5.82 Å². The summed E-state index contributed by atoms with van der Waals surface area (Å²) < 4.78 is 1.94. The Morgan fingerprint density at radius 1 is 1.33 bits per heavy atom. The predicted octanol–water partition coefficient (Wildman–Crippen LogP) is 3.08. The molecule has 1 saturated carbocycles. The maximum absolute atomic E-state index is 11.2. The number of hydrogen-bond donors (Lipinski definition) is 1. The van der Waals surface area contributed by atoms with Crippen LogP contribution in [0.2, 0.25) is 0 Å². The molecule has 1 N–H and O–H groups in total. The molecule has 0 amide bonds. The average Bonchev–Trinajstić information content (AvgIpc) is 2.83. The van der Waals surface area contributed by atoms with Crippen molar-refractivity contribution in [2.45, 2.75) is 38.0 Å². The van der Waals surface area contributed by atoms with Gasteiger partial charge in [0.2, 0.25) is 0 Å². The fourth-order valence-electron chi connectivity index (χ4n) is 2.89. The SMILES string of the molecule is O=C(O)c1cccn2c(C3CCCCC3)ncc12. The van der Waals surface area contributed by atoms with E-state index < -0.39 is 5.97 Å². The zero-order chi connectivity index (χ0) is 12.5. The monoisotopic (exact) mass is 244 g/mol. The number of nitrogens with zero attached hydrogens (tertiary/aromatic N) is 2. The van der Waals surface area contributed by atoms with Crippen molar-refractivity contribution in [3.63, 3.8) is 0 Å². The predicted molar refractivity (Wildman–Crippen MR) is 68.0 cm³/mol. The third-order valence-corrected chi connectivity index (χ3v) is 3.80. The molecule has 1 aliphatic rings. The number of rotatable bonds is 2. The molecule has 0 atom stereocenters. The molecule has 4 nitrogen and oxygen atoms in total. The number of imidazole rings is 1. The Balaban J connectivity index is 2.08. The molecule has 2 aromatic rings. The van der Waals surface area contributed by atoms with Crippen LogP contribution in [0.15, 0.2) is 24.5 Å². The Hall–Kier alpha value is -1.84. The lowest BCUT2D eigenvalue weighted by Gasteiger charge is -2.20. The minimum Gasteiger partial charge on any atom is -0.478 e. The molecule has 1 aliphatic carbocycles. The van der Waals surface area contributed by atoms with Crippen LogP contribution in [0.4, 0.5) is 0 Å². The number of aromatic carboxylic acids is 1. The Kier molecular flexibility index (Phi) is 2.78. The fourth-order valence-corrected chi connectivity index (χ4v) is 2.89. The van der Waals surface area contributed by atoms with Crippen molar-refractivity contribution in [3.05, 3.63) is 35.9 Å². The van der Waals surface area contributed by atoms with E-state index in [9.17, 15) is 4.79 Å². The van der Waals surface area contributed by atoms with E-state index in [-0.39, 0.29) is 0 Å². The van der Waals surface area contributed by atoms with Crippen LogP contribution in [0, 0.1) is 0 Å². The first-order valence-electron chi connectivity index (χ1n) is 6.46. The summed E-state index contributed by atoms with van der Waals surface area (Å²) in [5.74, 6) is 0.605. The van der Waals surface area contributed by atoms with Crippen LogP contribution in [0.1, 0.15) is 54.2 Å². The van der Waals surface area contributed by atoms with Crippen molar-refractivity contribution in [1.29, 1.82) is 0 Å². The molecule has 0 unspecified atom stereocenters. The van der Waals surface area contributed by atoms with Gasteiger partial charge in [0.25, 0.3) is 0 Å². The minimum atomic E-state index is -0.893. The number of carbonyl (C=O) groups is 1. The summed E-state index contributed by atoms with van der Waals surface area (Å²) in [6, 6.07) is 3.41. The van der Waals surface area contributed by atoms with Crippen LogP contribution in [-0.2, 0) is 0 Å². The highest BCUT2D eigenvalue weighted by atomic mass is 16.4. The van der Waals surface area contributed by atoms with Gasteiger partial charge in [-0.2, -0.15) is 0 Å². The number of fused-ring (bicyclic) bond motifs is 1. The van der Waals surface area contributed by atoms with Gasteiger partial charge < -0.3 is 9.51 Å². The summed E-state index contributed by atoms with van der Waals surface area (Å²) in [5, 5.41) is 9.16. The second kappa shape index (κ2) is 4.44. The Morgan fingerprint density at radius 2 is 2.11 bits per heavy atom. The molecular formula is C14H16N2O2. The summed E-state index contributed by atoms with van der Waals surface area (Å²) in [6.45, 7) is 0. The average molecular weight is 244 g/mol. The second-order valence-corrected chi connectivity index (χ2v) is 4.93. The molecule has 4 heteroatoms. The molecule has 18 heavy (non-hydrogen) atoms. The first-order valence-corrected chi connectivity index (χ1v) is 6.46. The van der Waals surface area contributed by atoms with E-state index in [4.69, 9.17) is 5.11 Å². The van der Waals surface area contributed by atoms with E-state index in [0.29, 0.717) is 17.0 Å². The van der Waals surface area contributed by atoms with Crippen LogP contribution < -0.4 is 0 Å². The third kappa shape index (κ3) is 1.78. The summed E-state index contributed by atoms with van der Waals surface area (Å²) in [6.07, 6.45) is 9.73. The topological polar surface area (TPSA) is 54.6 Å². The molecule has 0 radical (unpaired) electrons. The summed E-state index contributed by atoms with van der Waals surface area (Å²) in [5.41, 5.74) is 1.03. The van der Waals surface area contributed by atoms with Gasteiger partial charge in [-0.15, -0.1) is 0 Å². The van der Waals surface area contributed by atoms with Crippen LogP contribution in [0.3, 0.4) is 0 Å². The van der Waals surface area contributed by atoms with Crippen molar-refractivity contribution in [2.24, 2.45) is 0 Å². The number of aromatic nitrogens is 2. The molecule has 0 aliphatic heterocycles. The molecule has 0 spiro atoms. The van der Waals surface area contributed by atoms with E-state index in [1.54, 1.807) is 18.3 Å². The molecule has 2 heterocycles. The Bertz CT molecular complexity index is 582. The van der Waals surface area contributed by atoms with Gasteiger partial charge in [0, 0.05) is 12.1 Å². The first kappa shape index (κ1) is 11.3. The van der Waals surface area contributed by atoms with E-state index in [1.165, 1.54) is 19.3 Å². The van der Waals surface area contributed by atoms with Gasteiger partial charge in [-0.1, -0.05) is 19.3 Å². The van der Waals surface area contributed by atoms with Crippen molar-refractivity contribution < 1.29 is 9.90 Å². The van der Waals surface area contributed by atoms with Crippen molar-refractivity contribution in [3.8, 4) is 0 Å². The first-order chi connectivity index (χ1) is 8.77. The van der Waals surface area contributed by atoms with E-state index >= 15 is 0 Å². The quantitative estimate of drug-likeness (QED) is 0.883. The van der Waals surface area contributed by atoms with Crippen LogP contribution >= 0.6 is 0 Å². The second-order valence-electron chi connectivity index (χ2n) is 4.93. The third-order valence-electron chi connectivity index (χ3n) is 3.80. The molecule has 3 rings (SSSR count). The smallest absolute Gasteiger partial charge is 0.337 e. The van der Waals surface area contributed by atoms with Crippen LogP contribution in [0.25, 0.3) is 5.52 Å². The molecule has 0 bridgehead atoms. The summed E-state index contributed by atoms with van der Waals surface area (Å²) in [4.78, 5) is 15.6. The summed E-state index contributed by atoms with van der Waals surface area (Å²) >= 11 is 0. The van der Waals surface area contributed by atoms with Gasteiger partial charge in [0.15, 0.2) is 0 Å². The lowest BCUT2D eigenvalue weighted by Crippen LogP contribution is -2.09. The van der Waals surface area contributed by atoms with Crippen molar-refractivity contribution >= 4 is 11.5 Å². The maximum atomic E-state index is 11.2. The largest absolute Gasteiger partial charge is 0.478 e. The normalized spacial score (nSPS) is 17.1.